The molecule has 4 rings (SSSR count). The second-order valence-electron chi connectivity index (χ2n) is 7.52. The summed E-state index contributed by atoms with van der Waals surface area (Å²) < 4.78 is 13.0. The molecule has 0 aromatic heterocycles. The van der Waals surface area contributed by atoms with Crippen LogP contribution in [0.1, 0.15) is 42.1 Å². The number of halogens is 1. The van der Waals surface area contributed by atoms with Crippen LogP contribution in [0.15, 0.2) is 48.5 Å². The van der Waals surface area contributed by atoms with Crippen LogP contribution in [-0.2, 0) is 5.41 Å². The number of hydrogen-bond acceptors (Lipinski definition) is 2. The molecule has 4 heteroatoms. The van der Waals surface area contributed by atoms with Gasteiger partial charge in [0, 0.05) is 30.4 Å². The molecule has 1 aliphatic heterocycles. The summed E-state index contributed by atoms with van der Waals surface area (Å²) in [7, 11) is 0. The van der Waals surface area contributed by atoms with Crippen molar-refractivity contribution in [3.8, 4) is 0 Å². The molecule has 1 heterocycles. The van der Waals surface area contributed by atoms with Crippen LogP contribution < -0.4 is 10.2 Å². The van der Waals surface area contributed by atoms with Gasteiger partial charge in [0.25, 0.3) is 5.91 Å². The van der Waals surface area contributed by atoms with Crippen molar-refractivity contribution in [2.24, 2.45) is 0 Å². The molecule has 2 aromatic carbocycles. The number of rotatable bonds is 4. The molecular formula is C21H23FN2O. The van der Waals surface area contributed by atoms with E-state index in [1.807, 2.05) is 12.1 Å². The summed E-state index contributed by atoms with van der Waals surface area (Å²) in [5, 5.41) is 3.13. The Morgan fingerprint density at radius 2 is 1.80 bits per heavy atom. The topological polar surface area (TPSA) is 32.3 Å². The van der Waals surface area contributed by atoms with Gasteiger partial charge in [0.05, 0.1) is 0 Å². The Kier molecular flexibility index (Phi) is 3.98. The first-order valence-corrected chi connectivity index (χ1v) is 8.95. The molecule has 1 amide bonds. The molecule has 2 fully saturated rings. The number of benzene rings is 2. The Balaban J connectivity index is 1.36. The minimum atomic E-state index is -0.226. The molecule has 1 atom stereocenters. The van der Waals surface area contributed by atoms with Gasteiger partial charge in [-0.25, -0.2) is 4.39 Å². The Hall–Kier alpha value is -2.36. The van der Waals surface area contributed by atoms with Crippen LogP contribution in [0.3, 0.4) is 0 Å². The molecule has 1 N–H and O–H groups in total. The molecule has 1 aliphatic carbocycles. The fraction of sp³-hybridized carbons (Fsp3) is 0.381. The molecule has 130 valence electrons. The average Bonchev–Trinajstić information content (AvgIpc) is 3.21. The molecule has 1 unspecified atom stereocenters. The maximum absolute atomic E-state index is 13.0. The summed E-state index contributed by atoms with van der Waals surface area (Å²) >= 11 is 0. The first-order chi connectivity index (χ1) is 12.0. The van der Waals surface area contributed by atoms with Gasteiger partial charge in [0.1, 0.15) is 5.82 Å². The summed E-state index contributed by atoms with van der Waals surface area (Å²) in [4.78, 5) is 14.7. The largest absolute Gasteiger partial charge is 0.369 e. The normalized spacial score (nSPS) is 21.2. The number of carbonyl (C=O) groups excluding carboxylic acids is 1. The minimum Gasteiger partial charge on any atom is -0.369 e. The van der Waals surface area contributed by atoms with E-state index in [4.69, 9.17) is 0 Å². The van der Waals surface area contributed by atoms with E-state index in [2.05, 4.69) is 29.3 Å². The Morgan fingerprint density at radius 3 is 2.44 bits per heavy atom. The Bertz CT molecular complexity index is 765. The van der Waals surface area contributed by atoms with Gasteiger partial charge in [-0.05, 0) is 66.6 Å². The van der Waals surface area contributed by atoms with Crippen LogP contribution in [0.25, 0.3) is 0 Å². The molecule has 3 nitrogen and oxygen atoms in total. The van der Waals surface area contributed by atoms with Gasteiger partial charge in [-0.15, -0.1) is 0 Å². The smallest absolute Gasteiger partial charge is 0.251 e. The highest BCUT2D eigenvalue weighted by Gasteiger charge is 2.38. The van der Waals surface area contributed by atoms with Crippen LogP contribution >= 0.6 is 0 Å². The molecule has 0 spiro atoms. The lowest BCUT2D eigenvalue weighted by molar-refractivity contribution is 0.0940. The van der Waals surface area contributed by atoms with Gasteiger partial charge in [-0.2, -0.15) is 0 Å². The monoisotopic (exact) mass is 338 g/mol. The van der Waals surface area contributed by atoms with E-state index in [0.717, 1.165) is 25.2 Å². The summed E-state index contributed by atoms with van der Waals surface area (Å²) in [6.07, 6.45) is 3.37. The van der Waals surface area contributed by atoms with Crippen molar-refractivity contribution in [1.82, 2.24) is 5.32 Å². The second kappa shape index (κ2) is 6.17. The molecule has 1 saturated heterocycles. The van der Waals surface area contributed by atoms with Gasteiger partial charge >= 0.3 is 0 Å². The number of anilines is 1. The average molecular weight is 338 g/mol. The highest BCUT2D eigenvalue weighted by Crippen LogP contribution is 2.47. The number of nitrogens with zero attached hydrogens (tertiary/aromatic N) is 1. The molecule has 0 radical (unpaired) electrons. The van der Waals surface area contributed by atoms with Crippen molar-refractivity contribution in [3.63, 3.8) is 0 Å². The van der Waals surface area contributed by atoms with E-state index in [1.54, 1.807) is 12.1 Å². The van der Waals surface area contributed by atoms with Crippen molar-refractivity contribution in [2.75, 3.05) is 18.0 Å². The first-order valence-electron chi connectivity index (χ1n) is 8.95. The maximum Gasteiger partial charge on any atom is 0.251 e. The maximum atomic E-state index is 13.0. The van der Waals surface area contributed by atoms with E-state index < -0.39 is 0 Å². The van der Waals surface area contributed by atoms with Gasteiger partial charge < -0.3 is 10.2 Å². The third kappa shape index (κ3) is 3.39. The standard InChI is InChI=1S/C21H23FN2O/c1-21(11-12-21)16-4-2-15(3-5-16)20(25)23-18-10-13-24(14-18)19-8-6-17(22)7-9-19/h2-9,18H,10-14H2,1H3,(H,23,25). The lowest BCUT2D eigenvalue weighted by atomic mass is 9.97. The van der Waals surface area contributed by atoms with Crippen molar-refractivity contribution < 1.29 is 9.18 Å². The second-order valence-corrected chi connectivity index (χ2v) is 7.52. The number of carbonyl (C=O) groups is 1. The fourth-order valence-corrected chi connectivity index (χ4v) is 3.53. The van der Waals surface area contributed by atoms with Crippen molar-refractivity contribution in [3.05, 3.63) is 65.5 Å². The summed E-state index contributed by atoms with van der Waals surface area (Å²) in [6.45, 7) is 3.89. The van der Waals surface area contributed by atoms with Crippen LogP contribution in [0, 0.1) is 5.82 Å². The minimum absolute atomic E-state index is 0.0153. The summed E-state index contributed by atoms with van der Waals surface area (Å²) in [6, 6.07) is 14.7. The molecule has 2 aromatic rings. The lowest BCUT2D eigenvalue weighted by Gasteiger charge is -2.19. The molecule has 25 heavy (non-hydrogen) atoms. The Labute approximate surface area is 147 Å². The zero-order chi connectivity index (χ0) is 17.4. The third-order valence-corrected chi connectivity index (χ3v) is 5.56. The van der Waals surface area contributed by atoms with E-state index >= 15 is 0 Å². The summed E-state index contributed by atoms with van der Waals surface area (Å²) in [5.41, 5.74) is 3.37. The van der Waals surface area contributed by atoms with Crippen molar-refractivity contribution >= 4 is 11.6 Å². The Morgan fingerprint density at radius 1 is 1.12 bits per heavy atom. The van der Waals surface area contributed by atoms with Gasteiger partial charge in [0.2, 0.25) is 0 Å². The van der Waals surface area contributed by atoms with Crippen molar-refractivity contribution in [2.45, 2.75) is 37.6 Å². The number of hydrogen-bond donors (Lipinski definition) is 1. The first kappa shape index (κ1) is 16.1. The zero-order valence-electron chi connectivity index (χ0n) is 14.5. The van der Waals surface area contributed by atoms with E-state index in [1.165, 1.54) is 30.5 Å². The quantitative estimate of drug-likeness (QED) is 0.917. The molecule has 1 saturated carbocycles. The SMILES string of the molecule is CC1(c2ccc(C(=O)NC3CCN(c4ccc(F)cc4)C3)cc2)CC1. The predicted octanol–water partition coefficient (Wildman–Crippen LogP) is 3.89. The lowest BCUT2D eigenvalue weighted by Crippen LogP contribution is -2.37. The van der Waals surface area contributed by atoms with Crippen LogP contribution in [0.2, 0.25) is 0 Å². The van der Waals surface area contributed by atoms with Crippen LogP contribution in [-0.4, -0.2) is 25.0 Å². The predicted molar refractivity (Wildman–Crippen MR) is 97.5 cm³/mol. The highest BCUT2D eigenvalue weighted by molar-refractivity contribution is 5.94. The molecule has 2 aliphatic rings. The van der Waals surface area contributed by atoms with E-state index in [0.29, 0.717) is 11.0 Å². The highest BCUT2D eigenvalue weighted by atomic mass is 19.1. The van der Waals surface area contributed by atoms with Crippen LogP contribution in [0.4, 0.5) is 10.1 Å². The van der Waals surface area contributed by atoms with Crippen molar-refractivity contribution in [1.29, 1.82) is 0 Å². The number of amides is 1. The van der Waals surface area contributed by atoms with E-state index in [9.17, 15) is 9.18 Å². The molecular weight excluding hydrogens is 315 g/mol. The zero-order valence-corrected chi connectivity index (χ0v) is 14.5. The third-order valence-electron chi connectivity index (χ3n) is 5.56. The van der Waals surface area contributed by atoms with Gasteiger partial charge in [0.15, 0.2) is 0 Å². The van der Waals surface area contributed by atoms with Crippen LogP contribution in [0.5, 0.6) is 0 Å². The van der Waals surface area contributed by atoms with E-state index in [-0.39, 0.29) is 17.8 Å². The summed E-state index contributed by atoms with van der Waals surface area (Å²) in [5.74, 6) is -0.241. The van der Waals surface area contributed by atoms with Gasteiger partial charge in [-0.3, -0.25) is 4.79 Å². The fourth-order valence-electron chi connectivity index (χ4n) is 3.53. The number of nitrogens with one attached hydrogen (secondary N) is 1. The van der Waals surface area contributed by atoms with Gasteiger partial charge in [-0.1, -0.05) is 19.1 Å². The molecule has 0 bridgehead atoms.